The standard InChI is InChI=1S/C18H18N2O6S/c1-3-12-20(15-8-4-13(5-9-15)17(21)22)27(24,25)16-10-6-14(7-11-16)19-18(23)26-2/h3-11H,1,12H2,2H3,(H,19,23)(H,21,22)/p-1. The summed E-state index contributed by atoms with van der Waals surface area (Å²) in [5, 5.41) is 13.3. The molecule has 0 saturated heterocycles. The average molecular weight is 389 g/mol. The van der Waals surface area contributed by atoms with Gasteiger partial charge in [-0.15, -0.1) is 6.58 Å². The number of carbonyl (C=O) groups excluding carboxylic acids is 2. The number of carboxylic acid groups (broad SMARTS) is 1. The molecule has 142 valence electrons. The van der Waals surface area contributed by atoms with Gasteiger partial charge in [-0.25, -0.2) is 13.2 Å². The molecular formula is C18H17N2O6S-. The number of carboxylic acids is 1. The van der Waals surface area contributed by atoms with Crippen LogP contribution >= 0.6 is 0 Å². The van der Waals surface area contributed by atoms with Gasteiger partial charge in [-0.2, -0.15) is 0 Å². The summed E-state index contributed by atoms with van der Waals surface area (Å²) in [5.74, 6) is -1.35. The second-order valence-corrected chi connectivity index (χ2v) is 7.16. The van der Waals surface area contributed by atoms with Crippen molar-refractivity contribution in [2.45, 2.75) is 4.90 Å². The fourth-order valence-electron chi connectivity index (χ4n) is 2.23. The van der Waals surface area contributed by atoms with Crippen LogP contribution in [0.15, 0.2) is 66.1 Å². The van der Waals surface area contributed by atoms with Gasteiger partial charge in [0.25, 0.3) is 10.0 Å². The Balaban J connectivity index is 2.35. The molecule has 0 fully saturated rings. The maximum Gasteiger partial charge on any atom is 0.411 e. The summed E-state index contributed by atoms with van der Waals surface area (Å²) in [6.45, 7) is 3.54. The van der Waals surface area contributed by atoms with Gasteiger partial charge in [0.2, 0.25) is 0 Å². The number of ether oxygens (including phenoxy) is 1. The molecule has 0 atom stereocenters. The first-order valence-electron chi connectivity index (χ1n) is 7.69. The predicted molar refractivity (Wildman–Crippen MR) is 98.0 cm³/mol. The highest BCUT2D eigenvalue weighted by Gasteiger charge is 2.24. The number of anilines is 2. The van der Waals surface area contributed by atoms with Crippen molar-refractivity contribution in [2.24, 2.45) is 0 Å². The fraction of sp³-hybridized carbons (Fsp3) is 0.111. The Morgan fingerprint density at radius 3 is 2.22 bits per heavy atom. The monoisotopic (exact) mass is 389 g/mol. The molecule has 2 aromatic carbocycles. The number of hydrogen-bond donors (Lipinski definition) is 1. The van der Waals surface area contributed by atoms with Gasteiger partial charge in [0, 0.05) is 5.69 Å². The van der Waals surface area contributed by atoms with Crippen LogP contribution in [-0.2, 0) is 14.8 Å². The third-order valence-corrected chi connectivity index (χ3v) is 5.37. The van der Waals surface area contributed by atoms with E-state index in [2.05, 4.69) is 16.6 Å². The lowest BCUT2D eigenvalue weighted by Gasteiger charge is -2.23. The lowest BCUT2D eigenvalue weighted by Crippen LogP contribution is -2.31. The minimum Gasteiger partial charge on any atom is -0.545 e. The quantitative estimate of drug-likeness (QED) is 0.719. The summed E-state index contributed by atoms with van der Waals surface area (Å²) in [7, 11) is -2.73. The summed E-state index contributed by atoms with van der Waals surface area (Å²) < 4.78 is 31.5. The Bertz CT molecular complexity index is 937. The molecule has 0 unspecified atom stereocenters. The van der Waals surface area contributed by atoms with Crippen LogP contribution < -0.4 is 14.7 Å². The summed E-state index contributed by atoms with van der Waals surface area (Å²) in [5.41, 5.74) is 0.582. The fourth-order valence-corrected chi connectivity index (χ4v) is 3.67. The van der Waals surface area contributed by atoms with Gasteiger partial charge in [0.1, 0.15) is 0 Å². The number of methoxy groups -OCH3 is 1. The zero-order chi connectivity index (χ0) is 20.0. The summed E-state index contributed by atoms with van der Waals surface area (Å²) in [4.78, 5) is 22.0. The van der Waals surface area contributed by atoms with Crippen molar-refractivity contribution in [3.8, 4) is 0 Å². The number of rotatable bonds is 7. The molecule has 2 aromatic rings. The van der Waals surface area contributed by atoms with Crippen LogP contribution in [0, 0.1) is 0 Å². The third-order valence-electron chi connectivity index (χ3n) is 3.56. The number of carbonyl (C=O) groups is 2. The van der Waals surface area contributed by atoms with E-state index in [0.717, 1.165) is 4.31 Å². The molecule has 0 bridgehead atoms. The van der Waals surface area contributed by atoms with E-state index in [0.29, 0.717) is 5.69 Å². The van der Waals surface area contributed by atoms with E-state index in [-0.39, 0.29) is 22.7 Å². The predicted octanol–water partition coefficient (Wildman–Crippen LogP) is 1.61. The highest BCUT2D eigenvalue weighted by molar-refractivity contribution is 7.92. The maximum absolute atomic E-state index is 13.0. The van der Waals surface area contributed by atoms with E-state index in [9.17, 15) is 23.1 Å². The van der Waals surface area contributed by atoms with Crippen molar-refractivity contribution in [3.63, 3.8) is 0 Å². The van der Waals surface area contributed by atoms with Crippen molar-refractivity contribution in [1.29, 1.82) is 0 Å². The maximum atomic E-state index is 13.0. The normalized spacial score (nSPS) is 10.7. The van der Waals surface area contributed by atoms with E-state index < -0.39 is 22.1 Å². The molecule has 9 heteroatoms. The van der Waals surface area contributed by atoms with Gasteiger partial charge < -0.3 is 14.6 Å². The number of hydrogen-bond acceptors (Lipinski definition) is 6. The zero-order valence-electron chi connectivity index (χ0n) is 14.4. The van der Waals surface area contributed by atoms with Crippen molar-refractivity contribution >= 4 is 33.5 Å². The van der Waals surface area contributed by atoms with Crippen molar-refractivity contribution in [1.82, 2.24) is 0 Å². The van der Waals surface area contributed by atoms with Gasteiger partial charge in [-0.3, -0.25) is 9.62 Å². The molecule has 0 spiro atoms. The lowest BCUT2D eigenvalue weighted by molar-refractivity contribution is -0.255. The first-order chi connectivity index (χ1) is 12.8. The molecule has 1 N–H and O–H groups in total. The smallest absolute Gasteiger partial charge is 0.411 e. The van der Waals surface area contributed by atoms with Crippen molar-refractivity contribution < 1.29 is 27.9 Å². The SMILES string of the molecule is C=CCN(c1ccc(C(=O)[O-])cc1)S(=O)(=O)c1ccc(NC(=O)OC)cc1. The van der Waals surface area contributed by atoms with Crippen LogP contribution in [0.3, 0.4) is 0 Å². The van der Waals surface area contributed by atoms with Crippen LogP contribution in [0.25, 0.3) is 0 Å². The molecule has 8 nitrogen and oxygen atoms in total. The van der Waals surface area contributed by atoms with Crippen LogP contribution in [0.5, 0.6) is 0 Å². The van der Waals surface area contributed by atoms with Crippen LogP contribution in [-0.4, -0.2) is 34.1 Å². The highest BCUT2D eigenvalue weighted by Crippen LogP contribution is 2.25. The van der Waals surface area contributed by atoms with Crippen molar-refractivity contribution in [3.05, 3.63) is 66.7 Å². The summed E-state index contributed by atoms with van der Waals surface area (Å²) in [6.07, 6.45) is 0.740. The molecule has 0 aliphatic heterocycles. The minimum absolute atomic E-state index is 0.0104. The Kier molecular flexibility index (Phi) is 6.19. The van der Waals surface area contributed by atoms with E-state index in [1.165, 1.54) is 61.7 Å². The Labute approximate surface area is 156 Å². The molecule has 0 aromatic heterocycles. The molecule has 0 heterocycles. The molecule has 2 rings (SSSR count). The molecule has 0 radical (unpaired) electrons. The topological polar surface area (TPSA) is 116 Å². The van der Waals surface area contributed by atoms with Crippen LogP contribution in [0.1, 0.15) is 10.4 Å². The Hall–Kier alpha value is -3.33. The molecular weight excluding hydrogens is 372 g/mol. The molecule has 1 amide bonds. The second-order valence-electron chi connectivity index (χ2n) is 5.30. The number of amides is 1. The largest absolute Gasteiger partial charge is 0.545 e. The number of nitrogens with one attached hydrogen (secondary N) is 1. The van der Waals surface area contributed by atoms with E-state index in [1.807, 2.05) is 0 Å². The Morgan fingerprint density at radius 2 is 1.74 bits per heavy atom. The average Bonchev–Trinajstić information content (AvgIpc) is 2.66. The zero-order valence-corrected chi connectivity index (χ0v) is 15.2. The molecule has 0 saturated carbocycles. The number of aromatic carboxylic acids is 1. The lowest BCUT2D eigenvalue weighted by atomic mass is 10.2. The van der Waals surface area contributed by atoms with Gasteiger partial charge in [0.15, 0.2) is 0 Å². The van der Waals surface area contributed by atoms with Crippen molar-refractivity contribution in [2.75, 3.05) is 23.3 Å². The van der Waals surface area contributed by atoms with Gasteiger partial charge >= 0.3 is 6.09 Å². The Morgan fingerprint density at radius 1 is 1.15 bits per heavy atom. The number of benzene rings is 2. The highest BCUT2D eigenvalue weighted by atomic mass is 32.2. The first kappa shape index (κ1) is 20.0. The molecule has 0 aliphatic rings. The van der Waals surface area contributed by atoms with Gasteiger partial charge in [-0.1, -0.05) is 18.2 Å². The molecule has 0 aliphatic carbocycles. The van der Waals surface area contributed by atoms with Gasteiger partial charge in [-0.05, 0) is 42.0 Å². The van der Waals surface area contributed by atoms with E-state index in [1.54, 1.807) is 0 Å². The van der Waals surface area contributed by atoms with E-state index in [4.69, 9.17) is 0 Å². The van der Waals surface area contributed by atoms with Crippen LogP contribution in [0.2, 0.25) is 0 Å². The van der Waals surface area contributed by atoms with E-state index >= 15 is 0 Å². The first-order valence-corrected chi connectivity index (χ1v) is 9.13. The number of sulfonamides is 1. The number of nitrogens with zero attached hydrogens (tertiary/aromatic N) is 1. The molecule has 27 heavy (non-hydrogen) atoms. The second kappa shape index (κ2) is 8.37. The summed E-state index contributed by atoms with van der Waals surface area (Å²) >= 11 is 0. The minimum atomic E-state index is -3.95. The summed E-state index contributed by atoms with van der Waals surface area (Å²) in [6, 6.07) is 10.8. The third kappa shape index (κ3) is 4.64. The van der Waals surface area contributed by atoms with Crippen LogP contribution in [0.4, 0.5) is 16.2 Å². The van der Waals surface area contributed by atoms with Gasteiger partial charge in [0.05, 0.1) is 30.2 Å².